The molecule has 1 aliphatic rings. The van der Waals surface area contributed by atoms with E-state index >= 15 is 0 Å². The number of carbonyl (C=O) groups excluding carboxylic acids is 1. The van der Waals surface area contributed by atoms with Gasteiger partial charge in [-0.2, -0.15) is 13.2 Å². The molecular weight excluding hydrogens is 257 g/mol. The summed E-state index contributed by atoms with van der Waals surface area (Å²) in [5.41, 5.74) is 1.21. The number of hydrogen-bond donors (Lipinski definition) is 1. The van der Waals surface area contributed by atoms with Gasteiger partial charge in [0.05, 0.1) is 11.9 Å². The van der Waals surface area contributed by atoms with Gasteiger partial charge in [-0.15, -0.1) is 0 Å². The second-order valence-electron chi connectivity index (χ2n) is 4.75. The van der Waals surface area contributed by atoms with Crippen molar-refractivity contribution >= 4 is 11.5 Å². The summed E-state index contributed by atoms with van der Waals surface area (Å²) < 4.78 is 36.1. The fourth-order valence-electron chi connectivity index (χ4n) is 2.19. The van der Waals surface area contributed by atoms with Crippen molar-refractivity contribution in [3.05, 3.63) is 24.0 Å². The number of Topliss-reactive ketones (excluding diaryl/α,β-unsaturated/α-hetero) is 1. The van der Waals surface area contributed by atoms with Gasteiger partial charge < -0.3 is 5.32 Å². The summed E-state index contributed by atoms with van der Waals surface area (Å²) in [5, 5.41) is 2.28. The van der Waals surface area contributed by atoms with Gasteiger partial charge in [0.2, 0.25) is 0 Å². The number of nitrogens with zero attached hydrogens (tertiary/aromatic N) is 1. The molecule has 0 unspecified atom stereocenters. The molecule has 1 aromatic heterocycles. The van der Waals surface area contributed by atoms with E-state index in [1.807, 2.05) is 0 Å². The molecule has 1 heterocycles. The second-order valence-corrected chi connectivity index (χ2v) is 4.75. The first kappa shape index (κ1) is 13.8. The normalized spacial score (nSPS) is 17.5. The van der Waals surface area contributed by atoms with Crippen molar-refractivity contribution < 1.29 is 18.0 Å². The predicted molar refractivity (Wildman–Crippen MR) is 65.0 cm³/mol. The molecule has 1 aromatic rings. The number of hydrogen-bond acceptors (Lipinski definition) is 3. The van der Waals surface area contributed by atoms with Gasteiger partial charge in [-0.25, -0.2) is 0 Å². The lowest BCUT2D eigenvalue weighted by Gasteiger charge is -2.20. The molecule has 6 heteroatoms. The van der Waals surface area contributed by atoms with Gasteiger partial charge in [0.1, 0.15) is 12.3 Å². The third-order valence-corrected chi connectivity index (χ3v) is 3.24. The molecule has 104 valence electrons. The molecule has 1 N–H and O–H groups in total. The van der Waals surface area contributed by atoms with Crippen LogP contribution in [0.2, 0.25) is 0 Å². The van der Waals surface area contributed by atoms with E-state index in [2.05, 4.69) is 10.3 Å². The summed E-state index contributed by atoms with van der Waals surface area (Å²) >= 11 is 0. The Morgan fingerprint density at radius 3 is 2.47 bits per heavy atom. The molecule has 3 nitrogen and oxygen atoms in total. The third kappa shape index (κ3) is 4.22. The SMILES string of the molecule is O=C1CCC(c2ccc(NCC(F)(F)F)cn2)CC1. The van der Waals surface area contributed by atoms with Crippen molar-refractivity contribution in [2.75, 3.05) is 11.9 Å². The van der Waals surface area contributed by atoms with E-state index < -0.39 is 12.7 Å². The maximum atomic E-state index is 12.0. The van der Waals surface area contributed by atoms with E-state index in [-0.39, 0.29) is 11.7 Å². The Balaban J connectivity index is 1.93. The van der Waals surface area contributed by atoms with Gasteiger partial charge in [-0.05, 0) is 25.0 Å². The first-order valence-electron chi connectivity index (χ1n) is 6.22. The minimum absolute atomic E-state index is 0.245. The van der Waals surface area contributed by atoms with Gasteiger partial charge in [0.25, 0.3) is 0 Å². The highest BCUT2D eigenvalue weighted by molar-refractivity contribution is 5.79. The van der Waals surface area contributed by atoms with E-state index in [0.29, 0.717) is 18.5 Å². The quantitative estimate of drug-likeness (QED) is 0.918. The van der Waals surface area contributed by atoms with Gasteiger partial charge in [0.15, 0.2) is 0 Å². The molecule has 0 aromatic carbocycles. The Kier molecular flexibility index (Phi) is 4.07. The van der Waals surface area contributed by atoms with Crippen molar-refractivity contribution in [3.8, 4) is 0 Å². The van der Waals surface area contributed by atoms with Crippen LogP contribution in [0.1, 0.15) is 37.3 Å². The van der Waals surface area contributed by atoms with E-state index in [4.69, 9.17) is 0 Å². The van der Waals surface area contributed by atoms with Crippen LogP contribution in [0, 0.1) is 0 Å². The number of pyridine rings is 1. The Bertz CT molecular complexity index is 432. The maximum absolute atomic E-state index is 12.0. The lowest BCUT2D eigenvalue weighted by atomic mass is 9.86. The Morgan fingerprint density at radius 1 is 1.26 bits per heavy atom. The molecule has 2 rings (SSSR count). The van der Waals surface area contributed by atoms with Gasteiger partial charge in [0, 0.05) is 24.5 Å². The monoisotopic (exact) mass is 272 g/mol. The molecule has 0 saturated heterocycles. The first-order chi connectivity index (χ1) is 8.94. The zero-order chi connectivity index (χ0) is 13.9. The van der Waals surface area contributed by atoms with Crippen molar-refractivity contribution in [2.45, 2.75) is 37.8 Å². The molecule has 0 radical (unpaired) electrons. The average Bonchev–Trinajstić information content (AvgIpc) is 2.37. The van der Waals surface area contributed by atoms with Crippen LogP contribution >= 0.6 is 0 Å². The molecule has 1 aliphatic carbocycles. The van der Waals surface area contributed by atoms with E-state index in [0.717, 1.165) is 18.5 Å². The fraction of sp³-hybridized carbons (Fsp3) is 0.538. The lowest BCUT2D eigenvalue weighted by molar-refractivity contribution is -0.120. The predicted octanol–water partition coefficient (Wildman–Crippen LogP) is 3.28. The van der Waals surface area contributed by atoms with Crippen molar-refractivity contribution in [1.82, 2.24) is 4.98 Å². The molecule has 0 aliphatic heterocycles. The summed E-state index contributed by atoms with van der Waals surface area (Å²) in [5.74, 6) is 0.522. The minimum atomic E-state index is -4.23. The van der Waals surface area contributed by atoms with Crippen LogP contribution < -0.4 is 5.32 Å². The highest BCUT2D eigenvalue weighted by atomic mass is 19.4. The number of anilines is 1. The average molecular weight is 272 g/mol. The molecule has 0 amide bonds. The fourth-order valence-corrected chi connectivity index (χ4v) is 2.19. The van der Waals surface area contributed by atoms with Crippen molar-refractivity contribution in [1.29, 1.82) is 0 Å². The van der Waals surface area contributed by atoms with Crippen LogP contribution in [0.4, 0.5) is 18.9 Å². The van der Waals surface area contributed by atoms with Gasteiger partial charge >= 0.3 is 6.18 Å². The van der Waals surface area contributed by atoms with E-state index in [9.17, 15) is 18.0 Å². The zero-order valence-corrected chi connectivity index (χ0v) is 10.3. The minimum Gasteiger partial charge on any atom is -0.375 e. The number of nitrogens with one attached hydrogen (secondary N) is 1. The smallest absolute Gasteiger partial charge is 0.375 e. The number of alkyl halides is 3. The summed E-state index contributed by atoms with van der Waals surface area (Å²) in [6.45, 7) is -1.06. The van der Waals surface area contributed by atoms with E-state index in [1.54, 1.807) is 12.1 Å². The number of carbonyl (C=O) groups is 1. The number of halogens is 3. The summed E-state index contributed by atoms with van der Waals surface area (Å²) in [4.78, 5) is 15.3. The van der Waals surface area contributed by atoms with Crippen LogP contribution in [0.15, 0.2) is 18.3 Å². The topological polar surface area (TPSA) is 42.0 Å². The van der Waals surface area contributed by atoms with Crippen LogP contribution in [-0.4, -0.2) is 23.5 Å². The van der Waals surface area contributed by atoms with Crippen molar-refractivity contribution in [3.63, 3.8) is 0 Å². The van der Waals surface area contributed by atoms with Gasteiger partial charge in [-0.1, -0.05) is 0 Å². The molecule has 0 atom stereocenters. The third-order valence-electron chi connectivity index (χ3n) is 3.24. The summed E-state index contributed by atoms with van der Waals surface area (Å²) in [6.07, 6.45) is -0.122. The van der Waals surface area contributed by atoms with Crippen LogP contribution in [0.25, 0.3) is 0 Å². The standard InChI is InChI=1S/C13H15F3N2O/c14-13(15,16)8-18-10-3-6-12(17-7-10)9-1-4-11(19)5-2-9/h3,6-7,9,18H,1-2,4-5,8H2. The summed E-state index contributed by atoms with van der Waals surface area (Å²) in [6, 6.07) is 3.34. The molecular formula is C13H15F3N2O. The Labute approximate surface area is 109 Å². The number of rotatable bonds is 3. The summed E-state index contributed by atoms with van der Waals surface area (Å²) in [7, 11) is 0. The lowest BCUT2D eigenvalue weighted by Crippen LogP contribution is -2.21. The molecule has 0 spiro atoms. The molecule has 1 saturated carbocycles. The molecule has 0 bridgehead atoms. The highest BCUT2D eigenvalue weighted by Crippen LogP contribution is 2.30. The zero-order valence-electron chi connectivity index (χ0n) is 10.3. The van der Waals surface area contributed by atoms with Gasteiger partial charge in [-0.3, -0.25) is 9.78 Å². The highest BCUT2D eigenvalue weighted by Gasteiger charge is 2.26. The number of aromatic nitrogens is 1. The van der Waals surface area contributed by atoms with Crippen molar-refractivity contribution in [2.24, 2.45) is 0 Å². The van der Waals surface area contributed by atoms with Crippen LogP contribution in [0.5, 0.6) is 0 Å². The van der Waals surface area contributed by atoms with Crippen LogP contribution in [0.3, 0.4) is 0 Å². The van der Waals surface area contributed by atoms with E-state index in [1.165, 1.54) is 6.20 Å². The molecule has 1 fully saturated rings. The maximum Gasteiger partial charge on any atom is 0.405 e. The van der Waals surface area contributed by atoms with Crippen LogP contribution in [-0.2, 0) is 4.79 Å². The Hall–Kier alpha value is -1.59. The molecule has 19 heavy (non-hydrogen) atoms. The number of ketones is 1. The largest absolute Gasteiger partial charge is 0.405 e. The Morgan fingerprint density at radius 2 is 1.95 bits per heavy atom. The first-order valence-corrected chi connectivity index (χ1v) is 6.22. The second kappa shape index (κ2) is 5.59.